The molecule has 1 saturated carbocycles. The summed E-state index contributed by atoms with van der Waals surface area (Å²) in [6.07, 6.45) is 7.55. The summed E-state index contributed by atoms with van der Waals surface area (Å²) in [6, 6.07) is 0. The van der Waals surface area contributed by atoms with E-state index in [9.17, 15) is 9.50 Å². The van der Waals surface area contributed by atoms with Crippen molar-refractivity contribution in [2.24, 2.45) is 0 Å². The molecule has 0 atom stereocenters. The predicted octanol–water partition coefficient (Wildman–Crippen LogP) is 2.55. The van der Waals surface area contributed by atoms with E-state index in [0.29, 0.717) is 19.2 Å². The number of aliphatic hydroxyl groups is 1. The van der Waals surface area contributed by atoms with Gasteiger partial charge in [0.2, 0.25) is 0 Å². The lowest BCUT2D eigenvalue weighted by Crippen LogP contribution is -2.24. The largest absolute Gasteiger partial charge is 0.386 e. The second-order valence-corrected chi connectivity index (χ2v) is 3.31. The van der Waals surface area contributed by atoms with Gasteiger partial charge in [-0.15, -0.1) is 0 Å². The molecule has 0 aromatic carbocycles. The van der Waals surface area contributed by atoms with Crippen LogP contribution in [-0.2, 0) is 0 Å². The van der Waals surface area contributed by atoms with Crippen LogP contribution in [0.25, 0.3) is 0 Å². The van der Waals surface area contributed by atoms with Gasteiger partial charge in [0.15, 0.2) is 0 Å². The van der Waals surface area contributed by atoms with Gasteiger partial charge in [-0.2, -0.15) is 0 Å². The first-order chi connectivity index (χ1) is 5.27. The summed E-state index contributed by atoms with van der Waals surface area (Å²) in [4.78, 5) is 0. The third kappa shape index (κ3) is 2.62. The van der Waals surface area contributed by atoms with Crippen LogP contribution in [0.5, 0.6) is 0 Å². The van der Waals surface area contributed by atoms with Crippen LogP contribution in [0.3, 0.4) is 0 Å². The fraction of sp³-hybridized carbons (Fsp3) is 0.778. The van der Waals surface area contributed by atoms with Gasteiger partial charge in [-0.3, -0.25) is 0 Å². The van der Waals surface area contributed by atoms with Crippen LogP contribution < -0.4 is 0 Å². The zero-order chi connectivity index (χ0) is 8.16. The smallest absolute Gasteiger partial charge is 0.0855 e. The molecule has 0 bridgehead atoms. The minimum absolute atomic E-state index is 0.464. The SMILES string of the molecule is OC1(/C=C/F)CCCCCC1. The maximum Gasteiger partial charge on any atom is 0.0855 e. The molecule has 0 heterocycles. The van der Waals surface area contributed by atoms with Crippen LogP contribution in [0.2, 0.25) is 0 Å². The van der Waals surface area contributed by atoms with Crippen molar-refractivity contribution in [3.8, 4) is 0 Å². The number of rotatable bonds is 1. The summed E-state index contributed by atoms with van der Waals surface area (Å²) in [7, 11) is 0. The van der Waals surface area contributed by atoms with E-state index < -0.39 is 5.60 Å². The van der Waals surface area contributed by atoms with Crippen molar-refractivity contribution < 1.29 is 9.50 Å². The molecule has 0 amide bonds. The van der Waals surface area contributed by atoms with Gasteiger partial charge in [-0.1, -0.05) is 25.7 Å². The predicted molar refractivity (Wildman–Crippen MR) is 42.9 cm³/mol. The molecule has 0 aliphatic heterocycles. The van der Waals surface area contributed by atoms with Crippen molar-refractivity contribution in [2.45, 2.75) is 44.1 Å². The second-order valence-electron chi connectivity index (χ2n) is 3.31. The third-order valence-corrected chi connectivity index (χ3v) is 2.34. The molecule has 0 aromatic rings. The third-order valence-electron chi connectivity index (χ3n) is 2.34. The highest BCUT2D eigenvalue weighted by Crippen LogP contribution is 2.27. The first-order valence-corrected chi connectivity index (χ1v) is 4.27. The number of halogens is 1. The van der Waals surface area contributed by atoms with Crippen molar-refractivity contribution in [3.05, 3.63) is 12.4 Å². The molecule has 2 heteroatoms. The summed E-state index contributed by atoms with van der Waals surface area (Å²) >= 11 is 0. The van der Waals surface area contributed by atoms with Gasteiger partial charge in [0.1, 0.15) is 0 Å². The second kappa shape index (κ2) is 3.86. The van der Waals surface area contributed by atoms with Gasteiger partial charge in [0.25, 0.3) is 0 Å². The molecule has 1 aliphatic rings. The Bertz CT molecular complexity index is 134. The lowest BCUT2D eigenvalue weighted by molar-refractivity contribution is 0.0736. The molecular weight excluding hydrogens is 143 g/mol. The van der Waals surface area contributed by atoms with E-state index in [1.54, 1.807) is 0 Å². The Morgan fingerprint density at radius 1 is 1.09 bits per heavy atom. The van der Waals surface area contributed by atoms with Gasteiger partial charge in [-0.25, -0.2) is 4.39 Å². The average Bonchev–Trinajstić information content (AvgIpc) is 2.15. The van der Waals surface area contributed by atoms with E-state index in [4.69, 9.17) is 0 Å². The standard InChI is InChI=1S/C9H15FO/c10-8-7-9(11)5-3-1-2-4-6-9/h7-8,11H,1-6H2/b8-7+. The van der Waals surface area contributed by atoms with Crippen molar-refractivity contribution in [3.63, 3.8) is 0 Å². The number of hydrogen-bond donors (Lipinski definition) is 1. The van der Waals surface area contributed by atoms with Gasteiger partial charge in [0.05, 0.1) is 11.9 Å². The van der Waals surface area contributed by atoms with Crippen LogP contribution in [-0.4, -0.2) is 10.7 Å². The molecule has 0 aromatic heterocycles. The summed E-state index contributed by atoms with van der Waals surface area (Å²) in [5.41, 5.74) is -0.842. The van der Waals surface area contributed by atoms with Crippen LogP contribution in [0, 0.1) is 0 Å². The van der Waals surface area contributed by atoms with Crippen LogP contribution >= 0.6 is 0 Å². The van der Waals surface area contributed by atoms with Crippen LogP contribution in [0.4, 0.5) is 4.39 Å². The Morgan fingerprint density at radius 3 is 2.09 bits per heavy atom. The number of hydrogen-bond acceptors (Lipinski definition) is 1. The van der Waals surface area contributed by atoms with Gasteiger partial charge in [-0.05, 0) is 18.9 Å². The Kier molecular flexibility index (Phi) is 3.06. The van der Waals surface area contributed by atoms with E-state index in [2.05, 4.69) is 0 Å². The minimum atomic E-state index is -0.842. The molecule has 1 rings (SSSR count). The van der Waals surface area contributed by atoms with Crippen molar-refractivity contribution in [1.29, 1.82) is 0 Å². The van der Waals surface area contributed by atoms with Crippen molar-refractivity contribution in [1.82, 2.24) is 0 Å². The highest BCUT2D eigenvalue weighted by Gasteiger charge is 2.24. The molecular formula is C9H15FO. The fourth-order valence-corrected chi connectivity index (χ4v) is 1.62. The van der Waals surface area contributed by atoms with E-state index in [1.165, 1.54) is 18.9 Å². The molecule has 1 aliphatic carbocycles. The summed E-state index contributed by atoms with van der Waals surface area (Å²) in [5, 5.41) is 9.72. The van der Waals surface area contributed by atoms with Crippen LogP contribution in [0.1, 0.15) is 38.5 Å². The Morgan fingerprint density at radius 2 is 1.64 bits per heavy atom. The summed E-state index contributed by atoms with van der Waals surface area (Å²) in [5.74, 6) is 0. The quantitative estimate of drug-likeness (QED) is 0.581. The Labute approximate surface area is 66.9 Å². The van der Waals surface area contributed by atoms with Gasteiger partial charge >= 0.3 is 0 Å². The molecule has 1 N–H and O–H groups in total. The topological polar surface area (TPSA) is 20.2 Å². The van der Waals surface area contributed by atoms with E-state index in [0.717, 1.165) is 12.8 Å². The van der Waals surface area contributed by atoms with E-state index in [-0.39, 0.29) is 0 Å². The Balaban J connectivity index is 2.51. The lowest BCUT2D eigenvalue weighted by atomic mass is 9.95. The normalized spacial score (nSPS) is 25.3. The molecule has 0 radical (unpaired) electrons. The molecule has 0 saturated heterocycles. The van der Waals surface area contributed by atoms with Crippen LogP contribution in [0.15, 0.2) is 12.4 Å². The van der Waals surface area contributed by atoms with E-state index in [1.807, 2.05) is 0 Å². The average molecular weight is 158 g/mol. The monoisotopic (exact) mass is 158 g/mol. The highest BCUT2D eigenvalue weighted by atomic mass is 19.1. The molecule has 64 valence electrons. The first-order valence-electron chi connectivity index (χ1n) is 4.27. The molecule has 1 nitrogen and oxygen atoms in total. The fourth-order valence-electron chi connectivity index (χ4n) is 1.62. The van der Waals surface area contributed by atoms with Crippen molar-refractivity contribution in [2.75, 3.05) is 0 Å². The maximum atomic E-state index is 11.8. The first kappa shape index (κ1) is 8.72. The zero-order valence-corrected chi connectivity index (χ0v) is 6.72. The lowest BCUT2D eigenvalue weighted by Gasteiger charge is -2.21. The van der Waals surface area contributed by atoms with Gasteiger partial charge < -0.3 is 5.11 Å². The highest BCUT2D eigenvalue weighted by molar-refractivity contribution is 4.98. The zero-order valence-electron chi connectivity index (χ0n) is 6.72. The molecule has 0 unspecified atom stereocenters. The van der Waals surface area contributed by atoms with Gasteiger partial charge in [0, 0.05) is 0 Å². The molecule has 0 spiro atoms. The molecule has 1 fully saturated rings. The minimum Gasteiger partial charge on any atom is -0.386 e. The summed E-state index contributed by atoms with van der Waals surface area (Å²) in [6.45, 7) is 0. The Hall–Kier alpha value is -0.370. The summed E-state index contributed by atoms with van der Waals surface area (Å²) < 4.78 is 11.8. The maximum absolute atomic E-state index is 11.8. The van der Waals surface area contributed by atoms with E-state index >= 15 is 0 Å². The van der Waals surface area contributed by atoms with Crippen molar-refractivity contribution >= 4 is 0 Å². The molecule has 11 heavy (non-hydrogen) atoms.